The SMILES string of the molecule is CC(C)[C@H](N)C(=O)NCCOCCOCCOCCOc1ccc(CN[C@@H](C(=O)O)[C@H](O)[C@H](Cc2ccccc2)NC(=O)OC(C)(C)C)cc1. The van der Waals surface area contributed by atoms with Crippen LogP contribution in [-0.4, -0.2) is 111 Å². The minimum atomic E-state index is -1.47. The zero-order valence-electron chi connectivity index (χ0n) is 29.9. The lowest BCUT2D eigenvalue weighted by atomic mass is 9.96. The predicted octanol–water partition coefficient (Wildman–Crippen LogP) is 2.25. The topological polar surface area (TPSA) is 200 Å². The Morgan fingerprint density at radius 2 is 1.40 bits per heavy atom. The number of benzene rings is 2. The van der Waals surface area contributed by atoms with Crippen LogP contribution in [0.1, 0.15) is 45.7 Å². The molecule has 0 fully saturated rings. The van der Waals surface area contributed by atoms with Crippen LogP contribution in [0.4, 0.5) is 4.79 Å². The van der Waals surface area contributed by atoms with Crippen molar-refractivity contribution in [2.24, 2.45) is 11.7 Å². The maximum atomic E-state index is 12.6. The van der Waals surface area contributed by atoms with Gasteiger partial charge in [0.15, 0.2) is 0 Å². The Morgan fingerprint density at radius 1 is 0.820 bits per heavy atom. The molecule has 50 heavy (non-hydrogen) atoms. The van der Waals surface area contributed by atoms with Crippen LogP contribution in [0.15, 0.2) is 54.6 Å². The van der Waals surface area contributed by atoms with Gasteiger partial charge in [-0.05, 0) is 56.4 Å². The van der Waals surface area contributed by atoms with Crippen molar-refractivity contribution in [3.8, 4) is 5.75 Å². The molecule has 2 rings (SSSR count). The second-order valence-corrected chi connectivity index (χ2v) is 13.0. The summed E-state index contributed by atoms with van der Waals surface area (Å²) in [5, 5.41) is 29.4. The van der Waals surface area contributed by atoms with Crippen molar-refractivity contribution in [1.82, 2.24) is 16.0 Å². The van der Waals surface area contributed by atoms with Gasteiger partial charge in [0, 0.05) is 13.1 Å². The summed E-state index contributed by atoms with van der Waals surface area (Å²) in [6.07, 6.45) is -2.02. The average Bonchev–Trinajstić information content (AvgIpc) is 3.06. The van der Waals surface area contributed by atoms with Crippen LogP contribution in [0.5, 0.6) is 5.75 Å². The quantitative estimate of drug-likeness (QED) is 0.0873. The van der Waals surface area contributed by atoms with Crippen molar-refractivity contribution in [1.29, 1.82) is 0 Å². The number of aliphatic carboxylic acids is 1. The Kier molecular flexibility index (Phi) is 19.4. The standard InChI is InChI=1S/C36H56N4O10/c1-25(2)30(37)33(42)38-15-16-46-17-18-47-19-20-48-21-22-49-28-13-11-27(12-14-28)24-39-31(34(43)44)32(41)29(23-26-9-7-6-8-10-26)40-35(45)50-36(3,4)5/h6-14,25,29-32,39,41H,15-24,37H2,1-5H3,(H,38,42)(H,40,45)(H,43,44)/t29-,30-,31+,32+/m0/s1. The molecule has 2 amide bonds. The van der Waals surface area contributed by atoms with Crippen molar-refractivity contribution in [3.05, 3.63) is 65.7 Å². The lowest BCUT2D eigenvalue weighted by Gasteiger charge is -2.30. The Labute approximate surface area is 295 Å². The van der Waals surface area contributed by atoms with Gasteiger partial charge in [-0.1, -0.05) is 56.3 Å². The van der Waals surface area contributed by atoms with Crippen molar-refractivity contribution >= 4 is 18.0 Å². The molecule has 14 nitrogen and oxygen atoms in total. The Morgan fingerprint density at radius 3 is 1.96 bits per heavy atom. The Hall–Kier alpha value is -3.79. The third-order valence-corrected chi connectivity index (χ3v) is 7.28. The van der Waals surface area contributed by atoms with E-state index in [1.54, 1.807) is 45.0 Å². The molecule has 2 aromatic rings. The number of hydrogen-bond acceptors (Lipinski definition) is 11. The summed E-state index contributed by atoms with van der Waals surface area (Å²) in [6, 6.07) is 13.4. The molecule has 280 valence electrons. The largest absolute Gasteiger partial charge is 0.491 e. The minimum Gasteiger partial charge on any atom is -0.491 e. The molecular formula is C36H56N4O10. The zero-order valence-corrected chi connectivity index (χ0v) is 29.9. The van der Waals surface area contributed by atoms with E-state index in [9.17, 15) is 24.6 Å². The fraction of sp³-hybridized carbons (Fsp3) is 0.583. The van der Waals surface area contributed by atoms with Crippen molar-refractivity contribution in [2.45, 2.75) is 77.4 Å². The number of rotatable bonds is 24. The highest BCUT2D eigenvalue weighted by molar-refractivity contribution is 5.81. The van der Waals surface area contributed by atoms with E-state index in [0.29, 0.717) is 58.5 Å². The number of carbonyl (C=O) groups is 3. The summed E-state index contributed by atoms with van der Waals surface area (Å²) in [4.78, 5) is 36.5. The number of alkyl carbamates (subject to hydrolysis) is 1. The van der Waals surface area contributed by atoms with E-state index in [2.05, 4.69) is 16.0 Å². The van der Waals surface area contributed by atoms with Gasteiger partial charge in [-0.15, -0.1) is 0 Å². The lowest BCUT2D eigenvalue weighted by Crippen LogP contribution is -2.57. The number of nitrogens with one attached hydrogen (secondary N) is 3. The molecule has 0 aliphatic rings. The van der Waals surface area contributed by atoms with Gasteiger partial charge in [0.2, 0.25) is 5.91 Å². The Bertz CT molecular complexity index is 1260. The summed E-state index contributed by atoms with van der Waals surface area (Å²) in [6.45, 7) is 12.2. The zero-order chi connectivity index (χ0) is 36.9. The summed E-state index contributed by atoms with van der Waals surface area (Å²) >= 11 is 0. The predicted molar refractivity (Wildman–Crippen MR) is 188 cm³/mol. The van der Waals surface area contributed by atoms with Gasteiger partial charge < -0.3 is 50.3 Å². The summed E-state index contributed by atoms with van der Waals surface area (Å²) in [7, 11) is 0. The van der Waals surface area contributed by atoms with E-state index in [0.717, 1.165) is 11.1 Å². The molecule has 0 aliphatic carbocycles. The maximum Gasteiger partial charge on any atom is 0.407 e. The van der Waals surface area contributed by atoms with E-state index in [1.807, 2.05) is 44.2 Å². The van der Waals surface area contributed by atoms with Crippen LogP contribution in [0.3, 0.4) is 0 Å². The van der Waals surface area contributed by atoms with Crippen LogP contribution in [0.2, 0.25) is 0 Å². The summed E-state index contributed by atoms with van der Waals surface area (Å²) in [5.41, 5.74) is 6.61. The average molecular weight is 705 g/mol. The van der Waals surface area contributed by atoms with Gasteiger partial charge in [0.25, 0.3) is 0 Å². The number of ether oxygens (including phenoxy) is 5. The first-order valence-corrected chi connectivity index (χ1v) is 16.9. The van der Waals surface area contributed by atoms with Gasteiger partial charge in [0.05, 0.1) is 51.7 Å². The first-order valence-electron chi connectivity index (χ1n) is 16.9. The van der Waals surface area contributed by atoms with Crippen molar-refractivity contribution in [2.75, 3.05) is 52.8 Å². The molecule has 0 aliphatic heterocycles. The number of nitrogens with two attached hydrogens (primary N) is 1. The first-order chi connectivity index (χ1) is 23.8. The molecule has 0 radical (unpaired) electrons. The van der Waals surface area contributed by atoms with Gasteiger partial charge >= 0.3 is 12.1 Å². The highest BCUT2D eigenvalue weighted by Crippen LogP contribution is 2.15. The number of aliphatic hydroxyl groups is 1. The van der Waals surface area contributed by atoms with E-state index >= 15 is 0 Å². The lowest BCUT2D eigenvalue weighted by molar-refractivity contribution is -0.143. The summed E-state index contributed by atoms with van der Waals surface area (Å²) in [5.74, 6) is -0.750. The highest BCUT2D eigenvalue weighted by atomic mass is 16.6. The molecule has 4 atom stereocenters. The first kappa shape index (κ1) is 42.4. The monoisotopic (exact) mass is 704 g/mol. The minimum absolute atomic E-state index is 0.0761. The van der Waals surface area contributed by atoms with Gasteiger partial charge in [-0.25, -0.2) is 4.79 Å². The maximum absolute atomic E-state index is 12.6. The fourth-order valence-corrected chi connectivity index (χ4v) is 4.53. The molecular weight excluding hydrogens is 648 g/mol. The number of hydrogen-bond donors (Lipinski definition) is 6. The van der Waals surface area contributed by atoms with Crippen LogP contribution in [0, 0.1) is 5.92 Å². The normalized spacial score (nSPS) is 14.0. The summed E-state index contributed by atoms with van der Waals surface area (Å²) < 4.78 is 27.5. The highest BCUT2D eigenvalue weighted by Gasteiger charge is 2.34. The second-order valence-electron chi connectivity index (χ2n) is 13.0. The van der Waals surface area contributed by atoms with Gasteiger partial charge in [0.1, 0.15) is 30.1 Å². The van der Waals surface area contributed by atoms with E-state index in [4.69, 9.17) is 29.4 Å². The fourth-order valence-electron chi connectivity index (χ4n) is 4.53. The van der Waals surface area contributed by atoms with E-state index in [1.165, 1.54) is 0 Å². The van der Waals surface area contributed by atoms with Crippen LogP contribution in [-0.2, 0) is 41.5 Å². The molecule has 7 N–H and O–H groups in total. The van der Waals surface area contributed by atoms with Crippen molar-refractivity contribution < 1.29 is 48.3 Å². The van der Waals surface area contributed by atoms with Crippen LogP contribution in [0.25, 0.3) is 0 Å². The molecule has 0 heterocycles. The number of aliphatic hydroxyl groups excluding tert-OH is 1. The molecule has 0 unspecified atom stereocenters. The number of carboxylic acids is 1. The van der Waals surface area contributed by atoms with Crippen LogP contribution < -0.4 is 26.4 Å². The van der Waals surface area contributed by atoms with E-state index < -0.39 is 41.9 Å². The molecule has 0 saturated carbocycles. The van der Waals surface area contributed by atoms with Crippen molar-refractivity contribution in [3.63, 3.8) is 0 Å². The van der Waals surface area contributed by atoms with E-state index in [-0.39, 0.29) is 24.8 Å². The third kappa shape index (κ3) is 17.7. The third-order valence-electron chi connectivity index (χ3n) is 7.28. The smallest absolute Gasteiger partial charge is 0.407 e. The number of amides is 2. The number of carboxylic acid groups (broad SMARTS) is 1. The molecule has 14 heteroatoms. The second kappa shape index (κ2) is 22.8. The molecule has 0 spiro atoms. The molecule has 0 saturated heterocycles. The molecule has 2 aromatic carbocycles. The van der Waals surface area contributed by atoms with Crippen LogP contribution >= 0.6 is 0 Å². The van der Waals surface area contributed by atoms with Gasteiger partial charge in [-0.2, -0.15) is 0 Å². The Balaban J connectivity index is 1.69. The molecule has 0 aromatic heterocycles. The van der Waals surface area contributed by atoms with Gasteiger partial charge in [-0.3, -0.25) is 14.9 Å². The molecule has 0 bridgehead atoms. The number of carbonyl (C=O) groups excluding carboxylic acids is 2.